The Labute approximate surface area is 123 Å². The molecule has 1 aliphatic heterocycles. The van der Waals surface area contributed by atoms with Gasteiger partial charge >= 0.3 is 0 Å². The Bertz CT molecular complexity index is 753. The monoisotopic (exact) mass is 277 g/mol. The highest BCUT2D eigenvalue weighted by atomic mass is 16.2. The van der Waals surface area contributed by atoms with Crippen LogP contribution in [0.15, 0.2) is 54.6 Å². The van der Waals surface area contributed by atoms with Gasteiger partial charge in [0.1, 0.15) is 5.92 Å². The predicted molar refractivity (Wildman–Crippen MR) is 78.9 cm³/mol. The minimum atomic E-state index is -0.537. The first-order valence-corrected chi connectivity index (χ1v) is 7.13. The minimum absolute atomic E-state index is 0.0356. The van der Waals surface area contributed by atoms with Gasteiger partial charge in [-0.1, -0.05) is 54.6 Å². The molecule has 104 valence electrons. The van der Waals surface area contributed by atoms with Crippen LogP contribution < -0.4 is 0 Å². The summed E-state index contributed by atoms with van der Waals surface area (Å²) in [4.78, 5) is 26.9. The highest BCUT2D eigenvalue weighted by molar-refractivity contribution is 6.14. The van der Waals surface area contributed by atoms with Gasteiger partial charge in [0.15, 0.2) is 5.78 Å². The number of benzene rings is 2. The number of likely N-dealkylation sites (tertiary alicyclic amines) is 1. The van der Waals surface area contributed by atoms with Gasteiger partial charge in [-0.2, -0.15) is 0 Å². The topological polar surface area (TPSA) is 37.4 Å². The predicted octanol–water partition coefficient (Wildman–Crippen LogP) is 2.60. The normalized spacial score (nSPS) is 26.9. The quantitative estimate of drug-likeness (QED) is 0.751. The molecule has 0 spiro atoms. The van der Waals surface area contributed by atoms with Gasteiger partial charge in [0, 0.05) is 12.6 Å². The molecule has 0 saturated carbocycles. The average molecular weight is 277 g/mol. The fourth-order valence-electron chi connectivity index (χ4n) is 3.86. The van der Waals surface area contributed by atoms with E-state index in [9.17, 15) is 9.59 Å². The van der Waals surface area contributed by atoms with E-state index in [4.69, 9.17) is 0 Å². The smallest absolute Gasteiger partial charge is 0.234 e. The van der Waals surface area contributed by atoms with E-state index in [2.05, 4.69) is 0 Å². The molecule has 2 aromatic carbocycles. The number of carbonyl (C=O) groups is 2. The maximum absolute atomic E-state index is 12.6. The third-order valence-electron chi connectivity index (χ3n) is 4.91. The molecule has 1 fully saturated rings. The van der Waals surface area contributed by atoms with Crippen molar-refractivity contribution < 1.29 is 9.59 Å². The maximum atomic E-state index is 12.6. The molecule has 1 saturated heterocycles. The summed E-state index contributed by atoms with van der Waals surface area (Å²) in [5, 5.41) is 0. The number of carbonyl (C=O) groups excluding carboxylic acids is 2. The van der Waals surface area contributed by atoms with Crippen molar-refractivity contribution in [3.8, 4) is 0 Å². The van der Waals surface area contributed by atoms with Crippen molar-refractivity contribution in [3.05, 3.63) is 71.3 Å². The van der Waals surface area contributed by atoms with Gasteiger partial charge in [0.05, 0.1) is 5.54 Å². The summed E-state index contributed by atoms with van der Waals surface area (Å²) in [7, 11) is 1.81. The van der Waals surface area contributed by atoms with E-state index in [1.807, 2.05) is 61.6 Å². The zero-order chi connectivity index (χ0) is 14.6. The number of amides is 1. The second-order valence-electron chi connectivity index (χ2n) is 5.79. The highest BCUT2D eigenvalue weighted by Crippen LogP contribution is 2.51. The van der Waals surface area contributed by atoms with Gasteiger partial charge < -0.3 is 4.90 Å². The van der Waals surface area contributed by atoms with Gasteiger partial charge in [-0.25, -0.2) is 0 Å². The van der Waals surface area contributed by atoms with Gasteiger partial charge in [-0.3, -0.25) is 9.59 Å². The molecular formula is C18H15NO2. The van der Waals surface area contributed by atoms with E-state index in [0.717, 1.165) is 11.1 Å². The SMILES string of the molecule is CN1C(=O)[C@H]2C[C@]1(c1ccccc1)c1ccccc1C2=O. The van der Waals surface area contributed by atoms with E-state index in [1.165, 1.54) is 0 Å². The van der Waals surface area contributed by atoms with E-state index in [1.54, 1.807) is 4.90 Å². The van der Waals surface area contributed by atoms with Crippen molar-refractivity contribution in [2.75, 3.05) is 7.05 Å². The Hall–Kier alpha value is -2.42. The zero-order valence-electron chi connectivity index (χ0n) is 11.7. The molecule has 3 heteroatoms. The second-order valence-corrected chi connectivity index (χ2v) is 5.79. The van der Waals surface area contributed by atoms with Crippen LogP contribution in [0.25, 0.3) is 0 Å². The molecule has 21 heavy (non-hydrogen) atoms. The van der Waals surface area contributed by atoms with Crippen molar-refractivity contribution in [2.24, 2.45) is 5.92 Å². The summed E-state index contributed by atoms with van der Waals surface area (Å²) in [6, 6.07) is 17.6. The van der Waals surface area contributed by atoms with Crippen LogP contribution in [0, 0.1) is 5.92 Å². The van der Waals surface area contributed by atoms with E-state index < -0.39 is 11.5 Å². The van der Waals surface area contributed by atoms with Crippen LogP contribution >= 0.6 is 0 Å². The van der Waals surface area contributed by atoms with Crippen LogP contribution in [0.1, 0.15) is 27.9 Å². The molecule has 1 heterocycles. The lowest BCUT2D eigenvalue weighted by Crippen LogP contribution is -2.42. The van der Waals surface area contributed by atoms with Crippen LogP contribution in [0.4, 0.5) is 0 Å². The minimum Gasteiger partial charge on any atom is -0.331 e. The molecule has 0 N–H and O–H groups in total. The Morgan fingerprint density at radius 1 is 1.00 bits per heavy atom. The Morgan fingerprint density at radius 2 is 1.67 bits per heavy atom. The first-order valence-electron chi connectivity index (χ1n) is 7.13. The second kappa shape index (κ2) is 4.04. The maximum Gasteiger partial charge on any atom is 0.234 e. The summed E-state index contributed by atoms with van der Waals surface area (Å²) < 4.78 is 0. The molecule has 0 unspecified atom stereocenters. The van der Waals surface area contributed by atoms with Crippen molar-refractivity contribution >= 4 is 11.7 Å². The molecular weight excluding hydrogens is 262 g/mol. The van der Waals surface area contributed by atoms with Crippen LogP contribution in [-0.2, 0) is 10.3 Å². The number of nitrogens with zero attached hydrogens (tertiary/aromatic N) is 1. The molecule has 1 aliphatic carbocycles. The number of Topliss-reactive ketones (excluding diaryl/α,β-unsaturated/α-hetero) is 1. The number of hydrogen-bond acceptors (Lipinski definition) is 2. The van der Waals surface area contributed by atoms with Crippen molar-refractivity contribution in [3.63, 3.8) is 0 Å². The molecule has 2 atom stereocenters. The fourth-order valence-corrected chi connectivity index (χ4v) is 3.86. The number of fused-ring (bicyclic) bond motifs is 4. The molecule has 2 bridgehead atoms. The van der Waals surface area contributed by atoms with Gasteiger partial charge in [-0.15, -0.1) is 0 Å². The summed E-state index contributed by atoms with van der Waals surface area (Å²) in [5.74, 6) is -0.642. The lowest BCUT2D eigenvalue weighted by Gasteiger charge is -2.39. The van der Waals surface area contributed by atoms with E-state index in [0.29, 0.717) is 12.0 Å². The van der Waals surface area contributed by atoms with Gasteiger partial charge in [-0.05, 0) is 17.5 Å². The van der Waals surface area contributed by atoms with E-state index >= 15 is 0 Å². The van der Waals surface area contributed by atoms with Crippen LogP contribution in [-0.4, -0.2) is 23.6 Å². The Kier molecular flexibility index (Phi) is 2.37. The van der Waals surface area contributed by atoms with Crippen molar-refractivity contribution in [1.29, 1.82) is 0 Å². The molecule has 0 radical (unpaired) electrons. The summed E-state index contributed by atoms with van der Waals surface area (Å²) in [5.41, 5.74) is 2.21. The molecule has 0 aromatic heterocycles. The number of ketones is 1. The Balaban J connectivity index is 2.07. The lowest BCUT2D eigenvalue weighted by atomic mass is 9.71. The van der Waals surface area contributed by atoms with Crippen molar-refractivity contribution in [1.82, 2.24) is 4.90 Å². The third-order valence-corrected chi connectivity index (χ3v) is 4.91. The average Bonchev–Trinajstić information content (AvgIpc) is 2.78. The molecule has 2 aromatic rings. The van der Waals surface area contributed by atoms with Crippen LogP contribution in [0.5, 0.6) is 0 Å². The standard InChI is InChI=1S/C18H15NO2/c1-19-17(21)14-11-18(19,12-7-3-2-4-8-12)15-10-6-5-9-13(15)16(14)20/h2-10,14H,11H2,1H3/t14-,18-/m0/s1. The first-order chi connectivity index (χ1) is 10.2. The zero-order valence-corrected chi connectivity index (χ0v) is 11.7. The third kappa shape index (κ3) is 1.38. The number of hydrogen-bond donors (Lipinski definition) is 0. The van der Waals surface area contributed by atoms with Crippen molar-refractivity contribution in [2.45, 2.75) is 12.0 Å². The molecule has 2 aliphatic rings. The van der Waals surface area contributed by atoms with Crippen LogP contribution in [0.3, 0.4) is 0 Å². The molecule has 1 amide bonds. The van der Waals surface area contributed by atoms with Crippen LogP contribution in [0.2, 0.25) is 0 Å². The lowest BCUT2D eigenvalue weighted by molar-refractivity contribution is -0.130. The van der Waals surface area contributed by atoms with Gasteiger partial charge in [0.25, 0.3) is 0 Å². The summed E-state index contributed by atoms with van der Waals surface area (Å²) in [6.07, 6.45) is 0.544. The fraction of sp³-hybridized carbons (Fsp3) is 0.222. The number of rotatable bonds is 1. The molecule has 4 rings (SSSR count). The van der Waals surface area contributed by atoms with Gasteiger partial charge in [0.2, 0.25) is 5.91 Å². The molecule has 3 nitrogen and oxygen atoms in total. The summed E-state index contributed by atoms with van der Waals surface area (Å²) in [6.45, 7) is 0. The Morgan fingerprint density at radius 3 is 2.43 bits per heavy atom. The largest absolute Gasteiger partial charge is 0.331 e. The van der Waals surface area contributed by atoms with E-state index in [-0.39, 0.29) is 11.7 Å². The summed E-state index contributed by atoms with van der Waals surface area (Å²) >= 11 is 0. The first kappa shape index (κ1) is 12.3. The highest BCUT2D eigenvalue weighted by Gasteiger charge is 2.58.